The number of hydrogen-bond donors (Lipinski definition) is 0. The van der Waals surface area contributed by atoms with E-state index in [1.807, 2.05) is 43.3 Å². The van der Waals surface area contributed by atoms with Crippen molar-refractivity contribution < 1.29 is 14.0 Å². The van der Waals surface area contributed by atoms with Crippen LogP contribution in [0, 0.1) is 0 Å². The third-order valence-electron chi connectivity index (χ3n) is 4.69. The maximum atomic E-state index is 13.0. The number of furan rings is 1. The third-order valence-corrected chi connectivity index (χ3v) is 4.69. The zero-order valence-corrected chi connectivity index (χ0v) is 15.1. The van der Waals surface area contributed by atoms with Crippen molar-refractivity contribution >= 4 is 23.2 Å². The minimum atomic E-state index is -0.227. The zero-order valence-electron chi connectivity index (χ0n) is 15.1. The van der Waals surface area contributed by atoms with Crippen molar-refractivity contribution in [3.63, 3.8) is 0 Å². The zero-order chi connectivity index (χ0) is 19.0. The van der Waals surface area contributed by atoms with Gasteiger partial charge in [-0.25, -0.2) is 0 Å². The summed E-state index contributed by atoms with van der Waals surface area (Å²) in [7, 11) is 0. The molecule has 0 unspecified atom stereocenters. The summed E-state index contributed by atoms with van der Waals surface area (Å²) in [6, 6.07) is 14.6. The summed E-state index contributed by atoms with van der Waals surface area (Å²) in [5, 5.41) is 0. The minimum absolute atomic E-state index is 0.0561. The fourth-order valence-corrected chi connectivity index (χ4v) is 3.52. The molecule has 4 rings (SSSR count). The largest absolute Gasteiger partial charge is 0.459 e. The molecule has 0 fully saturated rings. The number of carbonyl (C=O) groups is 2. The number of carbonyl (C=O) groups excluding carboxylic acids is 2. The summed E-state index contributed by atoms with van der Waals surface area (Å²) in [6.45, 7) is 3.86. The van der Waals surface area contributed by atoms with Gasteiger partial charge in [-0.1, -0.05) is 12.1 Å². The smallest absolute Gasteiger partial charge is 0.294 e. The van der Waals surface area contributed by atoms with Crippen molar-refractivity contribution in [2.75, 3.05) is 16.3 Å². The number of aromatic nitrogens is 1. The molecule has 0 saturated heterocycles. The SMILES string of the molecule is CC(=O)N1c2ccc(-c3ccccn3)cc2N(C(=O)c2ccco2)C[C@@H]1C. The first-order chi connectivity index (χ1) is 13.1. The van der Waals surface area contributed by atoms with Gasteiger partial charge in [0.15, 0.2) is 5.76 Å². The predicted octanol–water partition coefficient (Wildman–Crippen LogP) is 3.74. The number of anilines is 2. The van der Waals surface area contributed by atoms with Crippen LogP contribution in [0.3, 0.4) is 0 Å². The second-order valence-corrected chi connectivity index (χ2v) is 6.55. The van der Waals surface area contributed by atoms with Crippen molar-refractivity contribution in [1.29, 1.82) is 0 Å². The number of amides is 2. The molecule has 0 N–H and O–H groups in total. The Morgan fingerprint density at radius 2 is 1.96 bits per heavy atom. The molecule has 1 aromatic carbocycles. The molecule has 0 saturated carbocycles. The van der Waals surface area contributed by atoms with Gasteiger partial charge in [0, 0.05) is 25.2 Å². The molecule has 0 spiro atoms. The van der Waals surface area contributed by atoms with Gasteiger partial charge >= 0.3 is 0 Å². The van der Waals surface area contributed by atoms with E-state index in [0.717, 1.165) is 11.3 Å². The molecule has 3 aromatic rings. The van der Waals surface area contributed by atoms with E-state index in [1.165, 1.54) is 13.2 Å². The fourth-order valence-electron chi connectivity index (χ4n) is 3.52. The van der Waals surface area contributed by atoms with Gasteiger partial charge in [-0.05, 0) is 43.3 Å². The van der Waals surface area contributed by atoms with E-state index in [4.69, 9.17) is 4.42 Å². The van der Waals surface area contributed by atoms with Gasteiger partial charge in [0.1, 0.15) is 0 Å². The number of rotatable bonds is 2. The first-order valence-electron chi connectivity index (χ1n) is 8.77. The molecule has 27 heavy (non-hydrogen) atoms. The molecular formula is C21H19N3O3. The molecule has 1 atom stereocenters. The van der Waals surface area contributed by atoms with E-state index < -0.39 is 0 Å². The Kier molecular flexibility index (Phi) is 4.24. The number of nitrogens with zero attached hydrogens (tertiary/aromatic N) is 3. The van der Waals surface area contributed by atoms with E-state index >= 15 is 0 Å². The summed E-state index contributed by atoms with van der Waals surface area (Å²) in [4.78, 5) is 33.0. The lowest BCUT2D eigenvalue weighted by Gasteiger charge is -2.40. The molecule has 1 aliphatic rings. The maximum absolute atomic E-state index is 13.0. The molecule has 3 heterocycles. The van der Waals surface area contributed by atoms with Crippen LogP contribution in [0.1, 0.15) is 24.4 Å². The molecule has 1 aliphatic heterocycles. The number of hydrogen-bond acceptors (Lipinski definition) is 4. The van der Waals surface area contributed by atoms with Crippen molar-refractivity contribution in [2.24, 2.45) is 0 Å². The summed E-state index contributed by atoms with van der Waals surface area (Å²) in [5.74, 6) is -0.0124. The topological polar surface area (TPSA) is 66.7 Å². The molecule has 6 nitrogen and oxygen atoms in total. The minimum Gasteiger partial charge on any atom is -0.459 e. The summed E-state index contributed by atoms with van der Waals surface area (Å²) in [5.41, 5.74) is 3.07. The fraction of sp³-hybridized carbons (Fsp3) is 0.190. The second-order valence-electron chi connectivity index (χ2n) is 6.55. The molecule has 0 aliphatic carbocycles. The van der Waals surface area contributed by atoms with E-state index in [-0.39, 0.29) is 23.6 Å². The van der Waals surface area contributed by atoms with Crippen molar-refractivity contribution in [3.8, 4) is 11.3 Å². The lowest BCUT2D eigenvalue weighted by Crippen LogP contribution is -2.51. The number of fused-ring (bicyclic) bond motifs is 1. The quantitative estimate of drug-likeness (QED) is 0.697. The van der Waals surface area contributed by atoms with Gasteiger partial charge in [-0.3, -0.25) is 14.6 Å². The molecule has 136 valence electrons. The van der Waals surface area contributed by atoms with E-state index in [1.54, 1.807) is 28.1 Å². The Morgan fingerprint density at radius 3 is 2.63 bits per heavy atom. The highest BCUT2D eigenvalue weighted by molar-refractivity contribution is 6.09. The van der Waals surface area contributed by atoms with Gasteiger partial charge < -0.3 is 14.2 Å². The Labute approximate surface area is 157 Å². The first-order valence-corrected chi connectivity index (χ1v) is 8.77. The summed E-state index contributed by atoms with van der Waals surface area (Å²) < 4.78 is 5.30. The average molecular weight is 361 g/mol. The molecular weight excluding hydrogens is 342 g/mol. The first kappa shape index (κ1) is 17.0. The van der Waals surface area contributed by atoms with Crippen molar-refractivity contribution in [1.82, 2.24) is 4.98 Å². The van der Waals surface area contributed by atoms with Crippen molar-refractivity contribution in [2.45, 2.75) is 19.9 Å². The molecule has 2 aromatic heterocycles. The highest BCUT2D eigenvalue weighted by Crippen LogP contribution is 2.39. The lowest BCUT2D eigenvalue weighted by atomic mass is 10.0. The third kappa shape index (κ3) is 2.99. The van der Waals surface area contributed by atoms with Crippen molar-refractivity contribution in [3.05, 3.63) is 66.8 Å². The Hall–Kier alpha value is -3.41. The lowest BCUT2D eigenvalue weighted by molar-refractivity contribution is -0.117. The van der Waals surface area contributed by atoms with Gasteiger partial charge in [-0.15, -0.1) is 0 Å². The Balaban J connectivity index is 1.85. The van der Waals surface area contributed by atoms with Crippen LogP contribution in [0.2, 0.25) is 0 Å². The van der Waals surface area contributed by atoms with Gasteiger partial charge in [-0.2, -0.15) is 0 Å². The van der Waals surface area contributed by atoms with Crippen LogP contribution in [-0.2, 0) is 4.79 Å². The Bertz CT molecular complexity index is 983. The monoisotopic (exact) mass is 361 g/mol. The molecule has 0 radical (unpaired) electrons. The van der Waals surface area contributed by atoms with Crippen LogP contribution < -0.4 is 9.80 Å². The maximum Gasteiger partial charge on any atom is 0.294 e. The van der Waals surface area contributed by atoms with E-state index in [9.17, 15) is 9.59 Å². The average Bonchev–Trinajstić information content (AvgIpc) is 3.21. The van der Waals surface area contributed by atoms with Gasteiger partial charge in [0.2, 0.25) is 5.91 Å². The summed E-state index contributed by atoms with van der Waals surface area (Å²) >= 11 is 0. The van der Waals surface area contributed by atoms with Crippen LogP contribution in [0.15, 0.2) is 65.4 Å². The van der Waals surface area contributed by atoms with Gasteiger partial charge in [0.05, 0.1) is 29.4 Å². The second kappa shape index (κ2) is 6.72. The predicted molar refractivity (Wildman–Crippen MR) is 103 cm³/mol. The van der Waals surface area contributed by atoms with E-state index in [0.29, 0.717) is 17.9 Å². The Morgan fingerprint density at radius 1 is 1.11 bits per heavy atom. The standard InChI is InChI=1S/C21H19N3O3/c1-14-13-23(21(26)20-7-5-11-27-20)19-12-16(17-6-3-4-10-22-17)8-9-18(19)24(14)15(2)25/h3-12,14H,13H2,1-2H3/t14-/m0/s1. The summed E-state index contributed by atoms with van der Waals surface area (Å²) in [6.07, 6.45) is 3.21. The molecule has 0 bridgehead atoms. The van der Waals surface area contributed by atoms with E-state index in [2.05, 4.69) is 4.98 Å². The molecule has 6 heteroatoms. The number of benzene rings is 1. The highest BCUT2D eigenvalue weighted by Gasteiger charge is 2.35. The van der Waals surface area contributed by atoms with Gasteiger partial charge in [0.25, 0.3) is 5.91 Å². The number of pyridine rings is 1. The van der Waals surface area contributed by atoms with Crippen LogP contribution >= 0.6 is 0 Å². The van der Waals surface area contributed by atoms with Crippen LogP contribution in [-0.4, -0.2) is 29.4 Å². The normalized spacial score (nSPS) is 16.1. The highest BCUT2D eigenvalue weighted by atomic mass is 16.3. The van der Waals surface area contributed by atoms with Crippen LogP contribution in [0.25, 0.3) is 11.3 Å². The van der Waals surface area contributed by atoms with Crippen LogP contribution in [0.4, 0.5) is 11.4 Å². The van der Waals surface area contributed by atoms with Crippen LogP contribution in [0.5, 0.6) is 0 Å². The molecule has 2 amide bonds.